The molecule has 1 aromatic heterocycles. The zero-order valence-corrected chi connectivity index (χ0v) is 10.5. The van der Waals surface area contributed by atoms with Gasteiger partial charge in [0, 0.05) is 16.3 Å². The Morgan fingerprint density at radius 3 is 2.42 bits per heavy atom. The predicted octanol–water partition coefficient (Wildman–Crippen LogP) is 3.05. The van der Waals surface area contributed by atoms with Crippen molar-refractivity contribution in [2.24, 2.45) is 0 Å². The van der Waals surface area contributed by atoms with E-state index in [2.05, 4.69) is 29.0 Å². The number of nitriles is 1. The van der Waals surface area contributed by atoms with Gasteiger partial charge in [-0.2, -0.15) is 9.83 Å². The molecule has 0 atom stereocenters. The van der Waals surface area contributed by atoms with E-state index in [-0.39, 0.29) is 0 Å². The fraction of sp³-hybridized carbons (Fsp3) is 0.0588. The largest absolute Gasteiger partial charge is 0.199 e. The van der Waals surface area contributed by atoms with Crippen LogP contribution in [0.4, 0.5) is 0 Å². The number of fused-ring (bicyclic) bond motifs is 1. The number of pyridine rings is 1. The lowest BCUT2D eigenvalue weighted by atomic mass is 10.1. The molecule has 0 unspecified atom stereocenters. The number of hydrogen-bond acceptors (Lipinski definition) is 1. The molecule has 2 nitrogen and oxygen atoms in total. The third-order valence-electron chi connectivity index (χ3n) is 3.18. The molecular formula is C17H13N2+. The second kappa shape index (κ2) is 4.91. The molecule has 0 fully saturated rings. The van der Waals surface area contributed by atoms with Gasteiger partial charge in [0.2, 0.25) is 0 Å². The summed E-state index contributed by atoms with van der Waals surface area (Å²) >= 11 is 0. The van der Waals surface area contributed by atoms with Crippen molar-refractivity contribution in [1.82, 2.24) is 0 Å². The molecular weight excluding hydrogens is 232 g/mol. The number of hydrogen-bond donors (Lipinski definition) is 0. The Bertz CT molecular complexity index is 755. The summed E-state index contributed by atoms with van der Waals surface area (Å²) in [6.07, 6.45) is 4.00. The van der Waals surface area contributed by atoms with Crippen LogP contribution in [0.3, 0.4) is 0 Å². The third-order valence-corrected chi connectivity index (χ3v) is 3.18. The zero-order chi connectivity index (χ0) is 13.1. The van der Waals surface area contributed by atoms with Crippen LogP contribution in [0.15, 0.2) is 67.0 Å². The van der Waals surface area contributed by atoms with Crippen molar-refractivity contribution < 1.29 is 4.57 Å². The minimum Gasteiger partial charge on any atom is -0.199 e. The van der Waals surface area contributed by atoms with Gasteiger partial charge in [-0.3, -0.25) is 0 Å². The first-order chi connectivity index (χ1) is 9.36. The fourth-order valence-electron chi connectivity index (χ4n) is 2.28. The molecule has 0 saturated carbocycles. The first-order valence-electron chi connectivity index (χ1n) is 6.23. The van der Waals surface area contributed by atoms with E-state index in [1.807, 2.05) is 48.7 Å². The first kappa shape index (κ1) is 11.4. The van der Waals surface area contributed by atoms with E-state index in [0.29, 0.717) is 5.56 Å². The van der Waals surface area contributed by atoms with Crippen LogP contribution in [0.25, 0.3) is 10.8 Å². The van der Waals surface area contributed by atoms with Crippen LogP contribution in [-0.4, -0.2) is 0 Å². The molecule has 0 spiro atoms. The summed E-state index contributed by atoms with van der Waals surface area (Å²) in [5.74, 6) is 0. The summed E-state index contributed by atoms with van der Waals surface area (Å²) < 4.78 is 2.07. The van der Waals surface area contributed by atoms with Crippen molar-refractivity contribution in [3.63, 3.8) is 0 Å². The molecule has 3 aromatic rings. The molecule has 90 valence electrons. The van der Waals surface area contributed by atoms with Crippen LogP contribution in [0.1, 0.15) is 11.1 Å². The molecule has 3 rings (SSSR count). The maximum atomic E-state index is 9.26. The smallest absolute Gasteiger partial charge is 0.187 e. The van der Waals surface area contributed by atoms with Crippen LogP contribution >= 0.6 is 0 Å². The zero-order valence-electron chi connectivity index (χ0n) is 10.5. The Labute approximate surface area is 112 Å². The molecule has 0 bridgehead atoms. The lowest BCUT2D eigenvalue weighted by Gasteiger charge is -2.01. The molecule has 2 aromatic carbocycles. The molecule has 0 aliphatic carbocycles. The molecule has 0 aliphatic heterocycles. The van der Waals surface area contributed by atoms with Crippen molar-refractivity contribution in [1.29, 1.82) is 5.26 Å². The van der Waals surface area contributed by atoms with Crippen molar-refractivity contribution in [3.05, 3.63) is 78.1 Å². The third kappa shape index (κ3) is 2.31. The van der Waals surface area contributed by atoms with Gasteiger partial charge < -0.3 is 0 Å². The van der Waals surface area contributed by atoms with E-state index >= 15 is 0 Å². The predicted molar refractivity (Wildman–Crippen MR) is 74.4 cm³/mol. The van der Waals surface area contributed by atoms with Gasteiger partial charge in [0.15, 0.2) is 18.9 Å². The van der Waals surface area contributed by atoms with E-state index in [0.717, 1.165) is 17.3 Å². The van der Waals surface area contributed by atoms with E-state index in [9.17, 15) is 5.26 Å². The molecule has 19 heavy (non-hydrogen) atoms. The SMILES string of the molecule is N#Cc1c[n+](Cc2ccccc2)cc2ccccc12. The quantitative estimate of drug-likeness (QED) is 0.638. The lowest BCUT2D eigenvalue weighted by Crippen LogP contribution is -2.33. The average molecular weight is 245 g/mol. The molecule has 2 heteroatoms. The summed E-state index contributed by atoms with van der Waals surface area (Å²) in [5.41, 5.74) is 1.95. The number of benzene rings is 2. The van der Waals surface area contributed by atoms with Gasteiger partial charge in [0.05, 0.1) is 0 Å². The Hall–Kier alpha value is -2.66. The maximum absolute atomic E-state index is 9.26. The van der Waals surface area contributed by atoms with Gasteiger partial charge in [-0.1, -0.05) is 48.5 Å². The number of nitrogens with zero attached hydrogens (tertiary/aromatic N) is 2. The Morgan fingerprint density at radius 1 is 0.895 bits per heavy atom. The second-order valence-corrected chi connectivity index (χ2v) is 4.53. The summed E-state index contributed by atoms with van der Waals surface area (Å²) in [6, 6.07) is 20.5. The van der Waals surface area contributed by atoms with Crippen molar-refractivity contribution in [3.8, 4) is 6.07 Å². The molecule has 0 saturated heterocycles. The topological polar surface area (TPSA) is 27.7 Å². The van der Waals surface area contributed by atoms with Gasteiger partial charge in [-0.15, -0.1) is 0 Å². The van der Waals surface area contributed by atoms with Crippen molar-refractivity contribution >= 4 is 10.8 Å². The highest BCUT2D eigenvalue weighted by Crippen LogP contribution is 2.15. The van der Waals surface area contributed by atoms with Gasteiger partial charge >= 0.3 is 0 Å². The molecule has 1 heterocycles. The Balaban J connectivity index is 2.08. The molecule has 0 N–H and O–H groups in total. The van der Waals surface area contributed by atoms with Gasteiger partial charge in [-0.05, 0) is 6.07 Å². The van der Waals surface area contributed by atoms with E-state index in [1.54, 1.807) is 0 Å². The van der Waals surface area contributed by atoms with Gasteiger partial charge in [0.25, 0.3) is 0 Å². The van der Waals surface area contributed by atoms with E-state index in [4.69, 9.17) is 0 Å². The Morgan fingerprint density at radius 2 is 1.63 bits per heavy atom. The molecule has 0 radical (unpaired) electrons. The highest BCUT2D eigenvalue weighted by molar-refractivity contribution is 5.85. The van der Waals surface area contributed by atoms with Gasteiger partial charge in [0.1, 0.15) is 11.6 Å². The first-order valence-corrected chi connectivity index (χ1v) is 6.23. The minimum atomic E-state index is 0.717. The number of rotatable bonds is 2. The van der Waals surface area contributed by atoms with Crippen LogP contribution in [0.5, 0.6) is 0 Å². The van der Waals surface area contributed by atoms with Crippen LogP contribution in [-0.2, 0) is 6.54 Å². The van der Waals surface area contributed by atoms with E-state index < -0.39 is 0 Å². The maximum Gasteiger partial charge on any atom is 0.187 e. The van der Waals surface area contributed by atoms with Crippen molar-refractivity contribution in [2.45, 2.75) is 6.54 Å². The van der Waals surface area contributed by atoms with Gasteiger partial charge in [-0.25, -0.2) is 0 Å². The van der Waals surface area contributed by atoms with Crippen LogP contribution < -0.4 is 4.57 Å². The molecule has 0 amide bonds. The average Bonchev–Trinajstić information content (AvgIpc) is 2.47. The van der Waals surface area contributed by atoms with Crippen LogP contribution in [0.2, 0.25) is 0 Å². The lowest BCUT2D eigenvalue weighted by molar-refractivity contribution is -0.687. The minimum absolute atomic E-state index is 0.717. The fourth-order valence-corrected chi connectivity index (χ4v) is 2.28. The summed E-state index contributed by atoms with van der Waals surface area (Å²) in [5, 5.41) is 11.4. The summed E-state index contributed by atoms with van der Waals surface area (Å²) in [7, 11) is 0. The van der Waals surface area contributed by atoms with Crippen molar-refractivity contribution in [2.75, 3.05) is 0 Å². The van der Waals surface area contributed by atoms with E-state index in [1.165, 1.54) is 5.56 Å². The standard InChI is InChI=1S/C17H13N2/c18-10-16-13-19(11-14-6-2-1-3-7-14)12-15-8-4-5-9-17(15)16/h1-9,12-13H,11H2/q+1. The summed E-state index contributed by atoms with van der Waals surface area (Å²) in [4.78, 5) is 0. The second-order valence-electron chi connectivity index (χ2n) is 4.53. The molecule has 0 aliphatic rings. The summed E-state index contributed by atoms with van der Waals surface area (Å²) in [6.45, 7) is 0.778. The highest BCUT2D eigenvalue weighted by atomic mass is 14.9. The van der Waals surface area contributed by atoms with Crippen LogP contribution in [0, 0.1) is 11.3 Å². The monoisotopic (exact) mass is 245 g/mol. The normalized spacial score (nSPS) is 10.3. The number of aromatic nitrogens is 1. The highest BCUT2D eigenvalue weighted by Gasteiger charge is 2.09. The Kier molecular flexibility index (Phi) is 2.96.